The number of nitrogens with zero attached hydrogens (tertiary/aromatic N) is 1. The number of nitrogens with two attached hydrogens (primary N) is 1. The van der Waals surface area contributed by atoms with Gasteiger partial charge in [0.25, 0.3) is 0 Å². The first kappa shape index (κ1) is 15.7. The molecule has 1 unspecified atom stereocenters. The average Bonchev–Trinajstić information content (AvgIpc) is 2.40. The summed E-state index contributed by atoms with van der Waals surface area (Å²) in [5, 5.41) is 0. The number of aryl methyl sites for hydroxylation is 1. The van der Waals surface area contributed by atoms with E-state index in [-0.39, 0.29) is 5.91 Å². The van der Waals surface area contributed by atoms with Gasteiger partial charge in [0.05, 0.1) is 6.04 Å². The van der Waals surface area contributed by atoms with Crippen LogP contribution < -0.4 is 5.73 Å². The smallest absolute Gasteiger partial charge is 0.239 e. The quantitative estimate of drug-likeness (QED) is 0.763. The Labute approximate surface area is 115 Å². The molecule has 0 spiro atoms. The SMILES string of the molecule is COCCCC(N)C(=O)N(C)Cc1ccccc1C. The van der Waals surface area contributed by atoms with Gasteiger partial charge < -0.3 is 15.4 Å². The maximum Gasteiger partial charge on any atom is 0.239 e. The van der Waals surface area contributed by atoms with Gasteiger partial charge in [-0.05, 0) is 30.9 Å². The molecule has 0 fully saturated rings. The molecule has 106 valence electrons. The number of amides is 1. The van der Waals surface area contributed by atoms with Crippen LogP contribution in [0.3, 0.4) is 0 Å². The number of carbonyl (C=O) groups excluding carboxylic acids is 1. The summed E-state index contributed by atoms with van der Waals surface area (Å²) in [7, 11) is 3.45. The van der Waals surface area contributed by atoms with Crippen LogP contribution in [-0.4, -0.2) is 37.6 Å². The Bertz CT molecular complexity index is 407. The topological polar surface area (TPSA) is 55.6 Å². The molecule has 4 heteroatoms. The molecule has 1 amide bonds. The van der Waals surface area contributed by atoms with Crippen LogP contribution in [0.2, 0.25) is 0 Å². The molecule has 0 aromatic heterocycles. The Morgan fingerprint density at radius 2 is 2.11 bits per heavy atom. The second-order valence-corrected chi connectivity index (χ2v) is 4.86. The monoisotopic (exact) mass is 264 g/mol. The van der Waals surface area contributed by atoms with E-state index in [9.17, 15) is 4.79 Å². The van der Waals surface area contributed by atoms with E-state index in [0.29, 0.717) is 19.6 Å². The summed E-state index contributed by atoms with van der Waals surface area (Å²) in [5.41, 5.74) is 8.25. The van der Waals surface area contributed by atoms with Crippen LogP contribution in [0.5, 0.6) is 0 Å². The van der Waals surface area contributed by atoms with Gasteiger partial charge in [0.1, 0.15) is 0 Å². The Hall–Kier alpha value is -1.39. The van der Waals surface area contributed by atoms with E-state index >= 15 is 0 Å². The molecule has 0 aliphatic carbocycles. The first-order chi connectivity index (χ1) is 9.06. The van der Waals surface area contributed by atoms with Crippen LogP contribution in [0.15, 0.2) is 24.3 Å². The number of likely N-dealkylation sites (N-methyl/N-ethyl adjacent to an activating group) is 1. The molecule has 0 bridgehead atoms. The van der Waals surface area contributed by atoms with Gasteiger partial charge in [-0.15, -0.1) is 0 Å². The van der Waals surface area contributed by atoms with Gasteiger partial charge in [0.2, 0.25) is 5.91 Å². The number of carbonyl (C=O) groups is 1. The number of benzene rings is 1. The van der Waals surface area contributed by atoms with Gasteiger partial charge in [-0.1, -0.05) is 24.3 Å². The second-order valence-electron chi connectivity index (χ2n) is 4.86. The van der Waals surface area contributed by atoms with Crippen LogP contribution >= 0.6 is 0 Å². The predicted molar refractivity (Wildman–Crippen MR) is 76.7 cm³/mol. The molecule has 0 radical (unpaired) electrons. The number of ether oxygens (including phenoxy) is 1. The van der Waals surface area contributed by atoms with Crippen LogP contribution in [0.25, 0.3) is 0 Å². The van der Waals surface area contributed by atoms with E-state index in [0.717, 1.165) is 12.0 Å². The lowest BCUT2D eigenvalue weighted by Crippen LogP contribution is -2.41. The largest absolute Gasteiger partial charge is 0.385 e. The highest BCUT2D eigenvalue weighted by molar-refractivity contribution is 5.81. The summed E-state index contributed by atoms with van der Waals surface area (Å²) < 4.78 is 4.96. The van der Waals surface area contributed by atoms with Crippen molar-refractivity contribution >= 4 is 5.91 Å². The summed E-state index contributed by atoms with van der Waals surface area (Å²) in [6.45, 7) is 3.29. The van der Waals surface area contributed by atoms with Crippen molar-refractivity contribution in [2.45, 2.75) is 32.4 Å². The molecule has 1 aromatic rings. The van der Waals surface area contributed by atoms with Crippen molar-refractivity contribution in [1.82, 2.24) is 4.90 Å². The minimum atomic E-state index is -0.441. The van der Waals surface area contributed by atoms with E-state index in [4.69, 9.17) is 10.5 Å². The zero-order valence-electron chi connectivity index (χ0n) is 12.1. The number of hydrogen-bond donors (Lipinski definition) is 1. The normalized spacial score (nSPS) is 12.2. The second kappa shape index (κ2) is 7.92. The summed E-state index contributed by atoms with van der Waals surface area (Å²) in [6.07, 6.45) is 1.46. The minimum Gasteiger partial charge on any atom is -0.385 e. The Kier molecular flexibility index (Phi) is 6.53. The molecule has 2 N–H and O–H groups in total. The lowest BCUT2D eigenvalue weighted by molar-refractivity contribution is -0.132. The zero-order chi connectivity index (χ0) is 14.3. The zero-order valence-corrected chi connectivity index (χ0v) is 12.1. The molecule has 0 saturated carbocycles. The van der Waals surface area contributed by atoms with Gasteiger partial charge in [-0.25, -0.2) is 0 Å². The third kappa shape index (κ3) is 5.01. The summed E-state index contributed by atoms with van der Waals surface area (Å²) in [5.74, 6) is -0.0145. The fraction of sp³-hybridized carbons (Fsp3) is 0.533. The van der Waals surface area contributed by atoms with E-state index in [2.05, 4.69) is 0 Å². The highest BCUT2D eigenvalue weighted by Crippen LogP contribution is 2.10. The Morgan fingerprint density at radius 3 is 2.74 bits per heavy atom. The number of methoxy groups -OCH3 is 1. The molecule has 0 aliphatic rings. The van der Waals surface area contributed by atoms with Gasteiger partial charge >= 0.3 is 0 Å². The molecule has 19 heavy (non-hydrogen) atoms. The predicted octanol–water partition coefficient (Wildman–Crippen LogP) is 1.71. The van der Waals surface area contributed by atoms with Crippen molar-refractivity contribution in [2.24, 2.45) is 5.73 Å². The van der Waals surface area contributed by atoms with Crippen LogP contribution in [0.1, 0.15) is 24.0 Å². The van der Waals surface area contributed by atoms with Gasteiger partial charge in [0.15, 0.2) is 0 Å². The van der Waals surface area contributed by atoms with E-state index in [1.54, 1.807) is 19.1 Å². The van der Waals surface area contributed by atoms with Gasteiger partial charge in [-0.2, -0.15) is 0 Å². The first-order valence-corrected chi connectivity index (χ1v) is 6.60. The van der Waals surface area contributed by atoms with Crippen molar-refractivity contribution in [3.8, 4) is 0 Å². The third-order valence-corrected chi connectivity index (χ3v) is 3.23. The summed E-state index contributed by atoms with van der Waals surface area (Å²) in [6, 6.07) is 7.63. The van der Waals surface area contributed by atoms with Crippen molar-refractivity contribution in [2.75, 3.05) is 20.8 Å². The fourth-order valence-electron chi connectivity index (χ4n) is 1.98. The highest BCUT2D eigenvalue weighted by Gasteiger charge is 2.18. The maximum atomic E-state index is 12.1. The number of rotatable bonds is 7. The Balaban J connectivity index is 2.50. The molecule has 1 aromatic carbocycles. The van der Waals surface area contributed by atoms with E-state index in [1.165, 1.54) is 5.56 Å². The summed E-state index contributed by atoms with van der Waals surface area (Å²) >= 11 is 0. The molecular weight excluding hydrogens is 240 g/mol. The molecule has 0 saturated heterocycles. The van der Waals surface area contributed by atoms with Crippen molar-refractivity contribution < 1.29 is 9.53 Å². The van der Waals surface area contributed by atoms with Crippen LogP contribution in [-0.2, 0) is 16.1 Å². The third-order valence-electron chi connectivity index (χ3n) is 3.23. The van der Waals surface area contributed by atoms with E-state index in [1.807, 2.05) is 31.2 Å². The maximum absolute atomic E-state index is 12.1. The van der Waals surface area contributed by atoms with Crippen LogP contribution in [0.4, 0.5) is 0 Å². The first-order valence-electron chi connectivity index (χ1n) is 6.60. The van der Waals surface area contributed by atoms with E-state index < -0.39 is 6.04 Å². The van der Waals surface area contributed by atoms with Crippen molar-refractivity contribution in [1.29, 1.82) is 0 Å². The molecule has 0 heterocycles. The van der Waals surface area contributed by atoms with Crippen LogP contribution in [0, 0.1) is 6.92 Å². The standard InChI is InChI=1S/C15H24N2O2/c1-12-7-4-5-8-13(12)11-17(2)15(18)14(16)9-6-10-19-3/h4-5,7-8,14H,6,9-11,16H2,1-3H3. The van der Waals surface area contributed by atoms with Gasteiger partial charge in [0, 0.05) is 27.3 Å². The molecule has 4 nitrogen and oxygen atoms in total. The minimum absolute atomic E-state index is 0.0145. The highest BCUT2D eigenvalue weighted by atomic mass is 16.5. The fourth-order valence-corrected chi connectivity index (χ4v) is 1.98. The average molecular weight is 264 g/mol. The molecule has 1 atom stereocenters. The summed E-state index contributed by atoms with van der Waals surface area (Å²) in [4.78, 5) is 13.8. The molecule has 0 aliphatic heterocycles. The van der Waals surface area contributed by atoms with Gasteiger partial charge in [-0.3, -0.25) is 4.79 Å². The Morgan fingerprint density at radius 1 is 1.42 bits per heavy atom. The lowest BCUT2D eigenvalue weighted by Gasteiger charge is -2.22. The molecular formula is C15H24N2O2. The van der Waals surface area contributed by atoms with Crippen molar-refractivity contribution in [3.63, 3.8) is 0 Å². The molecule has 1 rings (SSSR count). The number of hydrogen-bond acceptors (Lipinski definition) is 3. The lowest BCUT2D eigenvalue weighted by atomic mass is 10.1. The van der Waals surface area contributed by atoms with Crippen molar-refractivity contribution in [3.05, 3.63) is 35.4 Å².